The molecule has 0 aromatic heterocycles. The van der Waals surface area contributed by atoms with Crippen molar-refractivity contribution in [3.8, 4) is 5.75 Å². The lowest BCUT2D eigenvalue weighted by Crippen LogP contribution is -2.42. The number of likely N-dealkylation sites (tertiary alicyclic amines) is 1. The molecule has 2 rings (SSSR count). The van der Waals surface area contributed by atoms with E-state index >= 15 is 0 Å². The van der Waals surface area contributed by atoms with Gasteiger partial charge in [0.25, 0.3) is 0 Å². The van der Waals surface area contributed by atoms with Crippen LogP contribution in [0.25, 0.3) is 0 Å². The zero-order valence-electron chi connectivity index (χ0n) is 13.6. The van der Waals surface area contributed by atoms with Crippen LogP contribution < -0.4 is 15.4 Å². The predicted octanol–water partition coefficient (Wildman–Crippen LogP) is 2.23. The van der Waals surface area contributed by atoms with Crippen LogP contribution in [0.4, 0.5) is 4.79 Å². The number of nitrogens with one attached hydrogen (secondary N) is 2. The van der Waals surface area contributed by atoms with Crippen LogP contribution in [0.1, 0.15) is 25.3 Å². The number of hydrogen-bond acceptors (Lipinski definition) is 3. The molecule has 0 atom stereocenters. The Morgan fingerprint density at radius 3 is 2.82 bits per heavy atom. The Morgan fingerprint density at radius 2 is 2.09 bits per heavy atom. The molecular formula is C17H27N3O2. The molecule has 2 N–H and O–H groups in total. The van der Waals surface area contributed by atoms with Gasteiger partial charge in [0, 0.05) is 19.6 Å². The lowest BCUT2D eigenvalue weighted by molar-refractivity contribution is 0.191. The fourth-order valence-corrected chi connectivity index (χ4v) is 2.64. The van der Waals surface area contributed by atoms with Gasteiger partial charge in [0.1, 0.15) is 5.75 Å². The van der Waals surface area contributed by atoms with Crippen LogP contribution in [-0.4, -0.2) is 44.2 Å². The average molecular weight is 305 g/mol. The first kappa shape index (κ1) is 16.6. The normalized spacial score (nSPS) is 16.3. The number of urea groups is 1. The summed E-state index contributed by atoms with van der Waals surface area (Å²) in [7, 11) is 1.64. The van der Waals surface area contributed by atoms with Crippen LogP contribution in [0.3, 0.4) is 0 Å². The zero-order valence-corrected chi connectivity index (χ0v) is 13.6. The summed E-state index contributed by atoms with van der Waals surface area (Å²) in [4.78, 5) is 14.2. The van der Waals surface area contributed by atoms with Crippen LogP contribution in [-0.2, 0) is 6.54 Å². The molecule has 1 aliphatic rings. The first-order chi connectivity index (χ1) is 10.7. The number of methoxy groups -OCH3 is 1. The van der Waals surface area contributed by atoms with Crippen molar-refractivity contribution in [3.63, 3.8) is 0 Å². The van der Waals surface area contributed by atoms with Gasteiger partial charge in [-0.1, -0.05) is 19.1 Å². The minimum atomic E-state index is -0.117. The van der Waals surface area contributed by atoms with E-state index in [4.69, 9.17) is 4.74 Å². The highest BCUT2D eigenvalue weighted by atomic mass is 16.5. The Morgan fingerprint density at radius 1 is 1.32 bits per heavy atom. The molecule has 22 heavy (non-hydrogen) atoms. The van der Waals surface area contributed by atoms with E-state index in [1.165, 1.54) is 12.8 Å². The first-order valence-electron chi connectivity index (χ1n) is 8.04. The molecule has 0 bridgehead atoms. The van der Waals surface area contributed by atoms with E-state index < -0.39 is 0 Å². The molecule has 0 aliphatic carbocycles. The number of carbonyl (C=O) groups is 1. The van der Waals surface area contributed by atoms with Gasteiger partial charge in [0.2, 0.25) is 0 Å². The summed E-state index contributed by atoms with van der Waals surface area (Å²) in [5.41, 5.74) is 1.03. The zero-order chi connectivity index (χ0) is 15.8. The number of hydrogen-bond donors (Lipinski definition) is 2. The fourth-order valence-electron chi connectivity index (χ4n) is 2.64. The lowest BCUT2D eigenvalue weighted by Gasteiger charge is -2.30. The van der Waals surface area contributed by atoms with Crippen molar-refractivity contribution in [2.45, 2.75) is 26.3 Å². The molecular weight excluding hydrogens is 278 g/mol. The summed E-state index contributed by atoms with van der Waals surface area (Å²) >= 11 is 0. The molecule has 5 heteroatoms. The molecule has 0 unspecified atom stereocenters. The van der Waals surface area contributed by atoms with Crippen LogP contribution >= 0.6 is 0 Å². The molecule has 0 radical (unpaired) electrons. The SMILES string of the molecule is COc1cccc(CNC(=O)NCCN2CCC(C)CC2)c1. The second-order valence-corrected chi connectivity index (χ2v) is 5.99. The van der Waals surface area contributed by atoms with Gasteiger partial charge in [-0.25, -0.2) is 4.79 Å². The van der Waals surface area contributed by atoms with Crippen LogP contribution in [0, 0.1) is 5.92 Å². The Bertz CT molecular complexity index is 471. The van der Waals surface area contributed by atoms with Crippen molar-refractivity contribution in [3.05, 3.63) is 29.8 Å². The van der Waals surface area contributed by atoms with Gasteiger partial charge in [0.15, 0.2) is 0 Å². The van der Waals surface area contributed by atoms with Crippen LogP contribution in [0.15, 0.2) is 24.3 Å². The first-order valence-corrected chi connectivity index (χ1v) is 8.04. The smallest absolute Gasteiger partial charge is 0.315 e. The fraction of sp³-hybridized carbons (Fsp3) is 0.588. The molecule has 1 saturated heterocycles. The molecule has 5 nitrogen and oxygen atoms in total. The van der Waals surface area contributed by atoms with Gasteiger partial charge in [-0.15, -0.1) is 0 Å². The second kappa shape index (κ2) is 8.63. The third-order valence-electron chi connectivity index (χ3n) is 4.18. The van der Waals surface area contributed by atoms with Crippen LogP contribution in [0.2, 0.25) is 0 Å². The van der Waals surface area contributed by atoms with E-state index in [0.717, 1.165) is 36.9 Å². The highest BCUT2D eigenvalue weighted by molar-refractivity contribution is 5.73. The number of ether oxygens (including phenoxy) is 1. The topological polar surface area (TPSA) is 53.6 Å². The second-order valence-electron chi connectivity index (χ2n) is 5.99. The summed E-state index contributed by atoms with van der Waals surface area (Å²) in [5, 5.41) is 5.79. The van der Waals surface area contributed by atoms with Crippen molar-refractivity contribution in [2.75, 3.05) is 33.3 Å². The van der Waals surface area contributed by atoms with Gasteiger partial charge in [-0.2, -0.15) is 0 Å². The summed E-state index contributed by atoms with van der Waals surface area (Å²) < 4.78 is 5.17. The van der Waals surface area contributed by atoms with E-state index in [0.29, 0.717) is 13.1 Å². The molecule has 0 saturated carbocycles. The Kier molecular flexibility index (Phi) is 6.52. The molecule has 1 aromatic rings. The highest BCUT2D eigenvalue weighted by Crippen LogP contribution is 2.15. The Balaban J connectivity index is 1.61. The number of benzene rings is 1. The standard InChI is InChI=1S/C17H27N3O2/c1-14-6-9-20(10-7-14)11-8-18-17(21)19-13-15-4-3-5-16(12-15)22-2/h3-5,12,14H,6-11,13H2,1-2H3,(H2,18,19,21). The third kappa shape index (κ3) is 5.56. The van der Waals surface area contributed by atoms with E-state index in [1.807, 2.05) is 24.3 Å². The number of carbonyl (C=O) groups excluding carboxylic acids is 1. The van der Waals surface area contributed by atoms with Crippen molar-refractivity contribution < 1.29 is 9.53 Å². The Labute approximate surface area is 133 Å². The minimum absolute atomic E-state index is 0.117. The molecule has 1 heterocycles. The van der Waals surface area contributed by atoms with Gasteiger partial charge in [-0.05, 0) is 49.5 Å². The van der Waals surface area contributed by atoms with Gasteiger partial charge < -0.3 is 20.3 Å². The van der Waals surface area contributed by atoms with Crippen molar-refractivity contribution >= 4 is 6.03 Å². The van der Waals surface area contributed by atoms with E-state index in [2.05, 4.69) is 22.5 Å². The lowest BCUT2D eigenvalue weighted by atomic mass is 9.99. The maximum absolute atomic E-state index is 11.8. The van der Waals surface area contributed by atoms with Gasteiger partial charge in [-0.3, -0.25) is 0 Å². The van der Waals surface area contributed by atoms with Gasteiger partial charge in [0.05, 0.1) is 7.11 Å². The summed E-state index contributed by atoms with van der Waals surface area (Å²) in [6, 6.07) is 7.59. The van der Waals surface area contributed by atoms with Crippen LogP contribution in [0.5, 0.6) is 5.75 Å². The predicted molar refractivity (Wildman–Crippen MR) is 88.1 cm³/mol. The Hall–Kier alpha value is -1.75. The molecule has 1 fully saturated rings. The number of piperidine rings is 1. The molecule has 1 aliphatic heterocycles. The summed E-state index contributed by atoms with van der Waals surface area (Å²) in [5.74, 6) is 1.65. The van der Waals surface area contributed by atoms with E-state index in [1.54, 1.807) is 7.11 Å². The third-order valence-corrected chi connectivity index (χ3v) is 4.18. The molecule has 122 valence electrons. The molecule has 1 aromatic carbocycles. The summed E-state index contributed by atoms with van der Waals surface area (Å²) in [6.07, 6.45) is 2.53. The average Bonchev–Trinajstić information content (AvgIpc) is 2.55. The number of nitrogens with zero attached hydrogens (tertiary/aromatic N) is 1. The van der Waals surface area contributed by atoms with Crippen molar-refractivity contribution in [1.82, 2.24) is 15.5 Å². The van der Waals surface area contributed by atoms with E-state index in [9.17, 15) is 4.79 Å². The van der Waals surface area contributed by atoms with Crippen molar-refractivity contribution in [2.24, 2.45) is 5.92 Å². The highest BCUT2D eigenvalue weighted by Gasteiger charge is 2.15. The largest absolute Gasteiger partial charge is 0.497 e. The summed E-state index contributed by atoms with van der Waals surface area (Å²) in [6.45, 7) is 6.73. The van der Waals surface area contributed by atoms with E-state index in [-0.39, 0.29) is 6.03 Å². The maximum Gasteiger partial charge on any atom is 0.315 e. The molecule has 0 spiro atoms. The molecule has 2 amide bonds. The van der Waals surface area contributed by atoms with Crippen molar-refractivity contribution in [1.29, 1.82) is 0 Å². The monoisotopic (exact) mass is 305 g/mol. The quantitative estimate of drug-likeness (QED) is 0.847. The number of rotatable bonds is 6. The number of amides is 2. The maximum atomic E-state index is 11.8. The minimum Gasteiger partial charge on any atom is -0.497 e. The van der Waals surface area contributed by atoms with Gasteiger partial charge >= 0.3 is 6.03 Å².